The minimum atomic E-state index is -1.96. The highest BCUT2D eigenvalue weighted by Crippen LogP contribution is 2.54. The monoisotopic (exact) mass is 329 g/mol. The number of ether oxygens (including phenoxy) is 2. The number of benzene rings is 2. The molecule has 4 heteroatoms. The Morgan fingerprint density at radius 3 is 1.52 bits per heavy atom. The molecule has 0 heterocycles. The van der Waals surface area contributed by atoms with Crippen molar-refractivity contribution >= 4 is 17.7 Å². The van der Waals surface area contributed by atoms with Crippen LogP contribution in [0, 0.1) is 0 Å². The molecule has 0 spiro atoms. The van der Waals surface area contributed by atoms with Crippen molar-refractivity contribution in [3.05, 3.63) is 59.9 Å². The smallest absolute Gasteiger partial charge is 0.118 e. The van der Waals surface area contributed by atoms with Gasteiger partial charge in [-0.2, -0.15) is 0 Å². The predicted molar refractivity (Wildman–Crippen MR) is 100.0 cm³/mol. The lowest BCUT2D eigenvalue weighted by Gasteiger charge is -2.27. The Balaban J connectivity index is 2.68. The van der Waals surface area contributed by atoms with E-state index in [4.69, 9.17) is 14.2 Å². The van der Waals surface area contributed by atoms with Gasteiger partial charge in [0.15, 0.2) is 0 Å². The van der Waals surface area contributed by atoms with Crippen molar-refractivity contribution in [1.29, 1.82) is 0 Å². The van der Waals surface area contributed by atoms with Crippen LogP contribution in [0.4, 0.5) is 0 Å². The molecular formula is C19H24NO2P. The van der Waals surface area contributed by atoms with E-state index in [9.17, 15) is 0 Å². The topological polar surface area (TPSA) is 30.8 Å². The van der Waals surface area contributed by atoms with Gasteiger partial charge < -0.3 is 9.47 Å². The van der Waals surface area contributed by atoms with Crippen LogP contribution in [0.1, 0.15) is 13.8 Å². The van der Waals surface area contributed by atoms with Crippen LogP contribution in [0.3, 0.4) is 0 Å². The molecule has 2 rings (SSSR count). The number of methoxy groups -OCH3 is 2. The Morgan fingerprint density at radius 2 is 1.26 bits per heavy atom. The summed E-state index contributed by atoms with van der Waals surface area (Å²) < 4.78 is 15.5. The largest absolute Gasteiger partial charge is 0.497 e. The number of hydrogen-bond acceptors (Lipinski definition) is 3. The zero-order valence-corrected chi connectivity index (χ0v) is 15.3. The van der Waals surface area contributed by atoms with E-state index in [1.807, 2.05) is 31.3 Å². The quantitative estimate of drug-likeness (QED) is 0.761. The van der Waals surface area contributed by atoms with Crippen molar-refractivity contribution in [2.75, 3.05) is 21.3 Å². The number of nitrogens with zero attached hydrogens (tertiary/aromatic N) is 1. The van der Waals surface area contributed by atoms with Crippen LogP contribution in [0.25, 0.3) is 0 Å². The van der Waals surface area contributed by atoms with Crippen LogP contribution in [-0.4, -0.2) is 21.3 Å². The summed E-state index contributed by atoms with van der Waals surface area (Å²) in [7, 11) is 3.32. The Kier molecular flexibility index (Phi) is 5.68. The highest BCUT2D eigenvalue weighted by molar-refractivity contribution is 7.84. The molecule has 122 valence electrons. The van der Waals surface area contributed by atoms with Gasteiger partial charge in [0.1, 0.15) is 11.5 Å². The highest BCUT2D eigenvalue weighted by Gasteiger charge is 2.25. The average Bonchev–Trinajstić information content (AvgIpc) is 2.63. The molecule has 0 unspecified atom stereocenters. The summed E-state index contributed by atoms with van der Waals surface area (Å²) in [5.74, 6) is 1.71. The summed E-state index contributed by atoms with van der Waals surface area (Å²) in [4.78, 5) is 0. The van der Waals surface area contributed by atoms with Crippen LogP contribution in [0.2, 0.25) is 0 Å². The molecule has 0 aliphatic rings. The Morgan fingerprint density at radius 1 is 0.870 bits per heavy atom. The summed E-state index contributed by atoms with van der Waals surface area (Å²) >= 11 is 0. The predicted octanol–water partition coefficient (Wildman–Crippen LogP) is 4.41. The molecule has 0 amide bonds. The van der Waals surface area contributed by atoms with Crippen molar-refractivity contribution in [2.24, 2.45) is 4.74 Å². The van der Waals surface area contributed by atoms with E-state index in [1.165, 1.54) is 15.9 Å². The first kappa shape index (κ1) is 17.4. The van der Waals surface area contributed by atoms with Crippen LogP contribution in [0.5, 0.6) is 11.5 Å². The Bertz CT molecular complexity index is 679. The first-order chi connectivity index (χ1) is 11.1. The van der Waals surface area contributed by atoms with Crippen molar-refractivity contribution in [3.8, 4) is 11.5 Å². The SMILES string of the molecule is C/C=C(\C)P(=NC)(c1ccc(OC)cc1)c1ccc(OC)cc1. The van der Waals surface area contributed by atoms with Crippen molar-refractivity contribution in [1.82, 2.24) is 0 Å². The van der Waals surface area contributed by atoms with Gasteiger partial charge in [-0.3, -0.25) is 4.74 Å². The number of hydrogen-bond donors (Lipinski definition) is 0. The van der Waals surface area contributed by atoms with E-state index in [0.29, 0.717) is 0 Å². The fourth-order valence-corrected chi connectivity index (χ4v) is 6.15. The molecule has 0 radical (unpaired) electrons. The fourth-order valence-electron chi connectivity index (χ4n) is 2.73. The van der Waals surface area contributed by atoms with Crippen molar-refractivity contribution in [3.63, 3.8) is 0 Å². The maximum Gasteiger partial charge on any atom is 0.118 e. The fraction of sp³-hybridized carbons (Fsp3) is 0.263. The number of allylic oxidation sites excluding steroid dienone is 2. The zero-order valence-electron chi connectivity index (χ0n) is 14.4. The van der Waals surface area contributed by atoms with Crippen molar-refractivity contribution < 1.29 is 9.47 Å². The summed E-state index contributed by atoms with van der Waals surface area (Å²) in [5, 5.41) is 3.73. The molecule has 0 bridgehead atoms. The van der Waals surface area contributed by atoms with Gasteiger partial charge in [-0.25, -0.2) is 0 Å². The van der Waals surface area contributed by atoms with E-state index < -0.39 is 7.05 Å². The second kappa shape index (κ2) is 7.52. The van der Waals surface area contributed by atoms with Gasteiger partial charge in [0, 0.05) is 24.7 Å². The molecule has 0 N–H and O–H groups in total. The van der Waals surface area contributed by atoms with Crippen molar-refractivity contribution in [2.45, 2.75) is 13.8 Å². The maximum atomic E-state index is 5.29. The molecule has 0 saturated heterocycles. The van der Waals surface area contributed by atoms with E-state index >= 15 is 0 Å². The second-order valence-electron chi connectivity index (χ2n) is 5.16. The molecule has 0 aliphatic carbocycles. The van der Waals surface area contributed by atoms with Gasteiger partial charge in [0.25, 0.3) is 0 Å². The van der Waals surface area contributed by atoms with Crippen LogP contribution >= 0.6 is 7.05 Å². The molecule has 0 fully saturated rings. The minimum absolute atomic E-state index is 0.857. The first-order valence-corrected chi connectivity index (χ1v) is 9.29. The van der Waals surface area contributed by atoms with Gasteiger partial charge in [0.05, 0.1) is 14.2 Å². The lowest BCUT2D eigenvalue weighted by atomic mass is 10.3. The van der Waals surface area contributed by atoms with E-state index in [-0.39, 0.29) is 0 Å². The summed E-state index contributed by atoms with van der Waals surface area (Å²) in [6, 6.07) is 16.5. The third-order valence-corrected chi connectivity index (χ3v) is 8.09. The Labute approximate surface area is 139 Å². The lowest BCUT2D eigenvalue weighted by Crippen LogP contribution is -2.17. The second-order valence-corrected chi connectivity index (χ2v) is 8.57. The summed E-state index contributed by atoms with van der Waals surface area (Å²) in [6.45, 7) is 4.23. The van der Waals surface area contributed by atoms with Gasteiger partial charge in [-0.1, -0.05) is 6.08 Å². The Hall–Kier alpha value is -1.99. The van der Waals surface area contributed by atoms with Gasteiger partial charge in [-0.15, -0.1) is 0 Å². The normalized spacial score (nSPS) is 12.0. The first-order valence-electron chi connectivity index (χ1n) is 7.55. The van der Waals surface area contributed by atoms with Crippen LogP contribution < -0.4 is 20.1 Å². The third kappa shape index (κ3) is 3.20. The molecule has 3 nitrogen and oxygen atoms in total. The molecular weight excluding hydrogens is 305 g/mol. The van der Waals surface area contributed by atoms with Crippen LogP contribution in [0.15, 0.2) is 64.7 Å². The number of rotatable bonds is 5. The molecule has 0 saturated carbocycles. The average molecular weight is 329 g/mol. The third-order valence-electron chi connectivity index (χ3n) is 4.12. The van der Waals surface area contributed by atoms with E-state index in [0.717, 1.165) is 11.5 Å². The van der Waals surface area contributed by atoms with E-state index in [1.54, 1.807) is 14.2 Å². The highest BCUT2D eigenvalue weighted by atomic mass is 31.2. The molecule has 23 heavy (non-hydrogen) atoms. The van der Waals surface area contributed by atoms with Gasteiger partial charge >= 0.3 is 0 Å². The molecule has 0 aliphatic heterocycles. The van der Waals surface area contributed by atoms with E-state index in [2.05, 4.69) is 44.2 Å². The van der Waals surface area contributed by atoms with Gasteiger partial charge in [0.2, 0.25) is 0 Å². The molecule has 2 aromatic carbocycles. The zero-order chi connectivity index (χ0) is 16.9. The molecule has 0 atom stereocenters. The molecule has 2 aromatic rings. The minimum Gasteiger partial charge on any atom is -0.497 e. The maximum absolute atomic E-state index is 5.29. The summed E-state index contributed by atoms with van der Waals surface area (Å²) in [6.07, 6.45) is 2.16. The van der Waals surface area contributed by atoms with Crippen LogP contribution in [-0.2, 0) is 0 Å². The molecule has 0 aromatic heterocycles. The van der Waals surface area contributed by atoms with Gasteiger partial charge in [-0.05, 0) is 67.7 Å². The summed E-state index contributed by atoms with van der Waals surface area (Å²) in [5.41, 5.74) is 0. The standard InChI is InChI=1S/C19H24NO2P/c1-6-15(2)23(20-3,18-11-7-16(21-4)8-12-18)19-13-9-17(22-5)10-14-19/h6-14H,1-5H3/b15-6+. The lowest BCUT2D eigenvalue weighted by molar-refractivity contribution is 0.415.